The van der Waals surface area contributed by atoms with E-state index in [2.05, 4.69) is 4.37 Å². The van der Waals surface area contributed by atoms with Crippen LogP contribution in [0, 0.1) is 11.3 Å². The lowest BCUT2D eigenvalue weighted by molar-refractivity contribution is 1.47. The van der Waals surface area contributed by atoms with E-state index in [4.69, 9.17) is 11.0 Å². The number of nitrogens with two attached hydrogens (primary N) is 1. The maximum absolute atomic E-state index is 8.66. The van der Waals surface area contributed by atoms with Gasteiger partial charge in [0.25, 0.3) is 0 Å². The second-order valence-corrected chi connectivity index (χ2v) is 3.46. The summed E-state index contributed by atoms with van der Waals surface area (Å²) >= 11 is 1.38. The second-order valence-electron chi connectivity index (χ2n) is 2.80. The fourth-order valence-electron chi connectivity index (χ4n) is 1.22. The summed E-state index contributed by atoms with van der Waals surface area (Å²) in [6.07, 6.45) is 0. The normalized spacial score (nSPS) is 9.64. The standard InChI is InChI=1S/C10H7N3S/c11-6-7-1-2-8(9(12)5-7)10-3-4-14-13-10/h1-5H,12H2. The molecule has 1 aromatic heterocycles. The largest absolute Gasteiger partial charge is 0.398 e. The van der Waals surface area contributed by atoms with Gasteiger partial charge >= 0.3 is 0 Å². The van der Waals surface area contributed by atoms with Crippen molar-refractivity contribution in [3.8, 4) is 17.3 Å². The number of hydrogen-bond acceptors (Lipinski definition) is 4. The first kappa shape index (κ1) is 8.73. The lowest BCUT2D eigenvalue weighted by atomic mass is 10.1. The number of rotatable bonds is 1. The minimum absolute atomic E-state index is 0.571. The molecule has 1 aromatic carbocycles. The molecule has 0 aliphatic heterocycles. The number of benzene rings is 1. The molecule has 0 aliphatic rings. The van der Waals surface area contributed by atoms with Crippen molar-refractivity contribution in [1.82, 2.24) is 4.37 Å². The Bertz CT molecular complexity index is 483. The van der Waals surface area contributed by atoms with Crippen molar-refractivity contribution in [2.24, 2.45) is 0 Å². The highest BCUT2D eigenvalue weighted by atomic mass is 32.1. The van der Waals surface area contributed by atoms with E-state index in [-0.39, 0.29) is 0 Å². The van der Waals surface area contributed by atoms with Gasteiger partial charge < -0.3 is 5.73 Å². The van der Waals surface area contributed by atoms with Crippen LogP contribution in [0.5, 0.6) is 0 Å². The Labute approximate surface area is 85.6 Å². The minimum atomic E-state index is 0.571. The van der Waals surface area contributed by atoms with E-state index < -0.39 is 0 Å². The van der Waals surface area contributed by atoms with Gasteiger partial charge in [0.1, 0.15) is 0 Å². The third-order valence-corrected chi connectivity index (χ3v) is 2.45. The molecule has 0 fully saturated rings. The van der Waals surface area contributed by atoms with Crippen LogP contribution in [0.1, 0.15) is 5.56 Å². The van der Waals surface area contributed by atoms with Crippen LogP contribution in [-0.2, 0) is 0 Å². The van der Waals surface area contributed by atoms with Crippen molar-refractivity contribution in [3.63, 3.8) is 0 Å². The predicted molar refractivity (Wildman–Crippen MR) is 56.7 cm³/mol. The van der Waals surface area contributed by atoms with Gasteiger partial charge in [-0.25, -0.2) is 0 Å². The molecule has 0 unspecified atom stereocenters. The van der Waals surface area contributed by atoms with Crippen LogP contribution < -0.4 is 5.73 Å². The Morgan fingerprint density at radius 2 is 2.21 bits per heavy atom. The maximum Gasteiger partial charge on any atom is 0.0992 e. The molecule has 0 saturated carbocycles. The van der Waals surface area contributed by atoms with Crippen LogP contribution in [0.25, 0.3) is 11.3 Å². The first-order chi connectivity index (χ1) is 6.81. The van der Waals surface area contributed by atoms with Gasteiger partial charge in [0.15, 0.2) is 0 Å². The van der Waals surface area contributed by atoms with E-state index in [1.54, 1.807) is 12.1 Å². The average molecular weight is 201 g/mol. The smallest absolute Gasteiger partial charge is 0.0992 e. The first-order valence-electron chi connectivity index (χ1n) is 4.01. The van der Waals surface area contributed by atoms with E-state index >= 15 is 0 Å². The number of nitrogen functional groups attached to an aromatic ring is 1. The van der Waals surface area contributed by atoms with E-state index in [9.17, 15) is 0 Å². The third kappa shape index (κ3) is 1.45. The second kappa shape index (κ2) is 3.48. The molecule has 2 aromatic rings. The summed E-state index contributed by atoms with van der Waals surface area (Å²) in [6, 6.07) is 9.17. The van der Waals surface area contributed by atoms with Crippen LogP contribution in [0.4, 0.5) is 5.69 Å². The summed E-state index contributed by atoms with van der Waals surface area (Å²) in [7, 11) is 0. The Hall–Kier alpha value is -1.86. The average Bonchev–Trinajstić information content (AvgIpc) is 2.70. The molecule has 2 rings (SSSR count). The summed E-state index contributed by atoms with van der Waals surface area (Å²) in [6.45, 7) is 0. The van der Waals surface area contributed by atoms with Gasteiger partial charge in [-0.3, -0.25) is 0 Å². The molecule has 0 radical (unpaired) electrons. The van der Waals surface area contributed by atoms with Crippen molar-refractivity contribution in [3.05, 3.63) is 35.2 Å². The van der Waals surface area contributed by atoms with Gasteiger partial charge in [-0.05, 0) is 35.8 Å². The van der Waals surface area contributed by atoms with Crippen molar-refractivity contribution in [2.45, 2.75) is 0 Å². The number of aromatic nitrogens is 1. The SMILES string of the molecule is N#Cc1ccc(-c2ccsn2)c(N)c1. The highest BCUT2D eigenvalue weighted by Crippen LogP contribution is 2.25. The van der Waals surface area contributed by atoms with Gasteiger partial charge in [-0.2, -0.15) is 9.64 Å². The highest BCUT2D eigenvalue weighted by Gasteiger charge is 2.04. The molecule has 0 saturated heterocycles. The lowest BCUT2D eigenvalue weighted by Gasteiger charge is -2.01. The molecular weight excluding hydrogens is 194 g/mol. The molecule has 2 N–H and O–H groups in total. The van der Waals surface area contributed by atoms with E-state index in [0.29, 0.717) is 11.3 Å². The molecular formula is C10H7N3S. The summed E-state index contributed by atoms with van der Waals surface area (Å²) in [5, 5.41) is 10.6. The molecule has 0 atom stereocenters. The van der Waals surface area contributed by atoms with Gasteiger partial charge in [-0.1, -0.05) is 0 Å². The monoisotopic (exact) mass is 201 g/mol. The van der Waals surface area contributed by atoms with Crippen LogP contribution in [0.3, 0.4) is 0 Å². The van der Waals surface area contributed by atoms with Crippen molar-refractivity contribution < 1.29 is 0 Å². The quantitative estimate of drug-likeness (QED) is 0.720. The van der Waals surface area contributed by atoms with E-state index in [1.165, 1.54) is 11.5 Å². The number of nitriles is 1. The highest BCUT2D eigenvalue weighted by molar-refractivity contribution is 7.03. The molecule has 0 amide bonds. The lowest BCUT2D eigenvalue weighted by Crippen LogP contribution is -1.90. The summed E-state index contributed by atoms with van der Waals surface area (Å²) in [4.78, 5) is 0. The molecule has 4 heteroatoms. The fourth-order valence-corrected chi connectivity index (χ4v) is 1.74. The zero-order valence-electron chi connectivity index (χ0n) is 7.27. The van der Waals surface area contributed by atoms with Gasteiger partial charge in [0.05, 0.1) is 17.3 Å². The van der Waals surface area contributed by atoms with E-state index in [0.717, 1.165) is 11.3 Å². The zero-order chi connectivity index (χ0) is 9.97. The van der Waals surface area contributed by atoms with Crippen LogP contribution in [0.15, 0.2) is 29.6 Å². The topological polar surface area (TPSA) is 62.7 Å². The molecule has 3 nitrogen and oxygen atoms in total. The molecule has 0 bridgehead atoms. The predicted octanol–water partition coefficient (Wildman–Crippen LogP) is 2.26. The van der Waals surface area contributed by atoms with Crippen molar-refractivity contribution >= 4 is 17.2 Å². The Morgan fingerprint density at radius 1 is 1.36 bits per heavy atom. The van der Waals surface area contributed by atoms with Gasteiger partial charge in [-0.15, -0.1) is 0 Å². The van der Waals surface area contributed by atoms with Crippen LogP contribution in [-0.4, -0.2) is 4.37 Å². The fraction of sp³-hybridized carbons (Fsp3) is 0. The third-order valence-electron chi connectivity index (χ3n) is 1.89. The number of anilines is 1. The summed E-state index contributed by atoms with van der Waals surface area (Å²) in [5.74, 6) is 0. The molecule has 68 valence electrons. The summed E-state index contributed by atoms with van der Waals surface area (Å²) < 4.78 is 4.18. The molecule has 0 spiro atoms. The Morgan fingerprint density at radius 3 is 2.79 bits per heavy atom. The van der Waals surface area contributed by atoms with Gasteiger partial charge in [0, 0.05) is 16.6 Å². The van der Waals surface area contributed by atoms with Crippen LogP contribution in [0.2, 0.25) is 0 Å². The van der Waals surface area contributed by atoms with Crippen LogP contribution >= 0.6 is 11.5 Å². The number of hydrogen-bond donors (Lipinski definition) is 1. The van der Waals surface area contributed by atoms with Gasteiger partial charge in [0.2, 0.25) is 0 Å². The Kier molecular flexibility index (Phi) is 2.17. The molecule has 1 heterocycles. The minimum Gasteiger partial charge on any atom is -0.398 e. The number of nitrogens with zero attached hydrogens (tertiary/aromatic N) is 2. The molecule has 0 aliphatic carbocycles. The molecule has 14 heavy (non-hydrogen) atoms. The zero-order valence-corrected chi connectivity index (χ0v) is 8.08. The summed E-state index contributed by atoms with van der Waals surface area (Å²) in [5.41, 5.74) is 8.70. The van der Waals surface area contributed by atoms with Crippen molar-refractivity contribution in [1.29, 1.82) is 5.26 Å². The van der Waals surface area contributed by atoms with E-state index in [1.807, 2.05) is 23.6 Å². The van der Waals surface area contributed by atoms with Crippen molar-refractivity contribution in [2.75, 3.05) is 5.73 Å². The first-order valence-corrected chi connectivity index (χ1v) is 4.85. The maximum atomic E-state index is 8.66. The Balaban J connectivity index is 2.52.